The number of nitrogens with zero attached hydrogens (tertiary/aromatic N) is 2. The van der Waals surface area contributed by atoms with Crippen molar-refractivity contribution in [1.82, 2.24) is 26.0 Å². The summed E-state index contributed by atoms with van der Waals surface area (Å²) in [5, 5.41) is 25.6. The molecule has 0 bridgehead atoms. The molecule has 6 atom stereocenters. The summed E-state index contributed by atoms with van der Waals surface area (Å²) < 4.78 is 5.87. The van der Waals surface area contributed by atoms with Crippen LogP contribution in [0.2, 0.25) is 0 Å². The van der Waals surface area contributed by atoms with Gasteiger partial charge in [0.2, 0.25) is 5.91 Å². The molecule has 14 nitrogen and oxygen atoms in total. The molecule has 0 aliphatic rings. The van der Waals surface area contributed by atoms with E-state index < -0.39 is 47.5 Å². The number of benzene rings is 1. The molecule has 0 spiro atoms. The monoisotopic (exact) mass is 859 g/mol. The molecule has 3 amide bonds. The first kappa shape index (κ1) is 52.1. The van der Waals surface area contributed by atoms with Crippen molar-refractivity contribution < 1.29 is 38.7 Å². The molecular weight excluding hydrogens is 785 g/mol. The zero-order valence-electron chi connectivity index (χ0n) is 38.0. The molecule has 0 saturated carbocycles. The largest absolute Gasteiger partial charge is 0.481 e. The highest BCUT2D eigenvalue weighted by molar-refractivity contribution is 7.09. The molecule has 0 aliphatic carbocycles. The second-order valence-corrected chi connectivity index (χ2v) is 17.9. The molecular formula is C45H74N6O8S. The van der Waals surface area contributed by atoms with Gasteiger partial charge in [-0.15, -0.1) is 11.3 Å². The van der Waals surface area contributed by atoms with Gasteiger partial charge in [-0.25, -0.2) is 10.0 Å². The third-order valence-electron chi connectivity index (χ3n) is 11.0. The number of amides is 3. The Labute approximate surface area is 362 Å². The average molecular weight is 859 g/mol. The lowest BCUT2D eigenvalue weighted by molar-refractivity contribution is -0.213. The average Bonchev–Trinajstić information content (AvgIpc) is 3.70. The molecule has 60 heavy (non-hydrogen) atoms. The first-order valence-electron chi connectivity index (χ1n) is 21.7. The van der Waals surface area contributed by atoms with Gasteiger partial charge in [0.15, 0.2) is 6.10 Å². The van der Waals surface area contributed by atoms with Crippen molar-refractivity contribution in [3.05, 3.63) is 45.9 Å². The summed E-state index contributed by atoms with van der Waals surface area (Å²) in [6.07, 6.45) is 5.50. The predicted molar refractivity (Wildman–Crippen MR) is 237 cm³/mol. The van der Waals surface area contributed by atoms with Crippen LogP contribution in [0.5, 0.6) is 0 Å². The van der Waals surface area contributed by atoms with E-state index in [-0.39, 0.29) is 54.7 Å². The van der Waals surface area contributed by atoms with Gasteiger partial charge in [0.1, 0.15) is 16.7 Å². The van der Waals surface area contributed by atoms with Gasteiger partial charge in [-0.1, -0.05) is 79.4 Å². The molecule has 0 radical (unpaired) electrons. The highest BCUT2D eigenvalue weighted by atomic mass is 32.1. The SMILES string of the molecule is CCCCCON(C(=O)[C@@H](NC(=O)[C@H](C)CCCCNC)[C@@H](C)CC)[C@H](C[C@@H](OC(C)=O)c1nc(C(=O)N[C@@H](Cc2ccc(NC)cc2)CC(C)(C)C(=O)O)cs1)C(C)C. The lowest BCUT2D eigenvalue weighted by Crippen LogP contribution is -2.56. The fourth-order valence-corrected chi connectivity index (χ4v) is 7.70. The van der Waals surface area contributed by atoms with E-state index in [1.807, 2.05) is 73.0 Å². The maximum atomic E-state index is 14.7. The Hall–Kier alpha value is -4.08. The van der Waals surface area contributed by atoms with Gasteiger partial charge in [0.05, 0.1) is 18.1 Å². The third kappa shape index (κ3) is 17.1. The number of ether oxygens (including phenoxy) is 1. The maximum Gasteiger partial charge on any atom is 0.309 e. The number of rotatable bonds is 29. The molecule has 0 saturated heterocycles. The second kappa shape index (κ2) is 26.3. The summed E-state index contributed by atoms with van der Waals surface area (Å²) in [5.41, 5.74) is 0.831. The van der Waals surface area contributed by atoms with Crippen molar-refractivity contribution >= 4 is 46.7 Å². The van der Waals surface area contributed by atoms with E-state index in [4.69, 9.17) is 9.57 Å². The number of carbonyl (C=O) groups is 5. The number of nitrogens with one attached hydrogen (secondary N) is 4. The number of hydrogen-bond acceptors (Lipinski definition) is 11. The van der Waals surface area contributed by atoms with Crippen molar-refractivity contribution in [1.29, 1.82) is 0 Å². The molecule has 1 heterocycles. The van der Waals surface area contributed by atoms with Crippen molar-refractivity contribution in [2.75, 3.05) is 32.6 Å². The molecule has 1 aromatic heterocycles. The number of carbonyl (C=O) groups excluding carboxylic acids is 4. The molecule has 15 heteroatoms. The van der Waals surface area contributed by atoms with Gasteiger partial charge in [-0.05, 0) is 89.1 Å². The number of carboxylic acid groups (broad SMARTS) is 1. The normalized spacial score (nSPS) is 14.7. The van der Waals surface area contributed by atoms with Crippen LogP contribution < -0.4 is 21.3 Å². The molecule has 0 aliphatic heterocycles. The van der Waals surface area contributed by atoms with E-state index in [1.54, 1.807) is 19.2 Å². The Kier molecular flexibility index (Phi) is 22.8. The minimum Gasteiger partial charge on any atom is -0.481 e. The number of aromatic nitrogens is 1. The van der Waals surface area contributed by atoms with E-state index in [2.05, 4.69) is 33.2 Å². The number of carboxylic acids is 1. The summed E-state index contributed by atoms with van der Waals surface area (Å²) in [5.74, 6) is -3.23. The minimum absolute atomic E-state index is 0.0975. The number of thiazole rings is 1. The van der Waals surface area contributed by atoms with Gasteiger partial charge in [0, 0.05) is 43.4 Å². The number of aliphatic carboxylic acids is 1. The summed E-state index contributed by atoms with van der Waals surface area (Å²) in [6.45, 7) is 17.5. The van der Waals surface area contributed by atoms with Crippen LogP contribution in [0, 0.1) is 23.2 Å². The number of hydrogen-bond donors (Lipinski definition) is 5. The summed E-state index contributed by atoms with van der Waals surface area (Å²) in [7, 11) is 3.72. The standard InChI is InChI=1S/C45H74N6O8S/c1-12-14-17-24-58-51(43(55)39(30(5)13-2)50-40(53)31(6)18-15-16-23-46-10)37(29(3)4)26-38(59-32(7)52)42-49-36(28-60-42)41(54)48-35(27-45(8,9)44(56)57)25-33-19-21-34(47-11)22-20-33/h19-22,28-31,35,37-39,46-47H,12-18,23-27H2,1-11H3,(H,48,54)(H,50,53)(H,56,57)/t30-,31+,35-,37+,38+,39-/m0/s1. The van der Waals surface area contributed by atoms with Crippen molar-refractivity contribution in [3.8, 4) is 0 Å². The van der Waals surface area contributed by atoms with E-state index in [9.17, 15) is 29.1 Å². The quantitative estimate of drug-likeness (QED) is 0.0309. The number of anilines is 1. The Balaban J connectivity index is 2.46. The van der Waals surface area contributed by atoms with Gasteiger partial charge in [-0.2, -0.15) is 0 Å². The smallest absolute Gasteiger partial charge is 0.309 e. The maximum absolute atomic E-state index is 14.7. The van der Waals surface area contributed by atoms with Gasteiger partial charge < -0.3 is 31.1 Å². The Morgan fingerprint density at radius 1 is 0.950 bits per heavy atom. The molecule has 2 aromatic rings. The van der Waals surface area contributed by atoms with Crippen molar-refractivity contribution in [2.24, 2.45) is 23.2 Å². The zero-order valence-corrected chi connectivity index (χ0v) is 38.8. The summed E-state index contributed by atoms with van der Waals surface area (Å²) >= 11 is 1.16. The molecule has 338 valence electrons. The molecule has 1 aromatic carbocycles. The van der Waals surface area contributed by atoms with Crippen molar-refractivity contribution in [2.45, 2.75) is 151 Å². The number of hydroxylamine groups is 2. The van der Waals surface area contributed by atoms with Crippen LogP contribution in [0.3, 0.4) is 0 Å². The van der Waals surface area contributed by atoms with E-state index >= 15 is 0 Å². The van der Waals surface area contributed by atoms with Crippen LogP contribution in [0.1, 0.15) is 147 Å². The fraction of sp³-hybridized carbons (Fsp3) is 0.689. The van der Waals surface area contributed by atoms with Crippen LogP contribution >= 0.6 is 11.3 Å². The van der Waals surface area contributed by atoms with E-state index in [1.165, 1.54) is 12.0 Å². The highest BCUT2D eigenvalue weighted by Crippen LogP contribution is 2.32. The number of esters is 1. The lowest BCUT2D eigenvalue weighted by Gasteiger charge is -2.38. The topological polar surface area (TPSA) is 188 Å². The zero-order chi connectivity index (χ0) is 45.0. The van der Waals surface area contributed by atoms with Crippen LogP contribution in [-0.2, 0) is 35.2 Å². The molecule has 5 N–H and O–H groups in total. The lowest BCUT2D eigenvalue weighted by atomic mass is 9.84. The molecule has 2 rings (SSSR count). The summed E-state index contributed by atoms with van der Waals surface area (Å²) in [4.78, 5) is 77.8. The van der Waals surface area contributed by atoms with Crippen LogP contribution in [0.15, 0.2) is 29.6 Å². The second-order valence-electron chi connectivity index (χ2n) is 17.0. The Bertz CT molecular complexity index is 1630. The van der Waals surface area contributed by atoms with Crippen LogP contribution in [0.4, 0.5) is 5.69 Å². The van der Waals surface area contributed by atoms with Gasteiger partial charge >= 0.3 is 11.9 Å². The Morgan fingerprint density at radius 2 is 1.63 bits per heavy atom. The highest BCUT2D eigenvalue weighted by Gasteiger charge is 2.39. The van der Waals surface area contributed by atoms with Gasteiger partial charge in [0.25, 0.3) is 11.8 Å². The third-order valence-corrected chi connectivity index (χ3v) is 11.9. The minimum atomic E-state index is -1.12. The van der Waals surface area contributed by atoms with Crippen LogP contribution in [0.25, 0.3) is 0 Å². The van der Waals surface area contributed by atoms with Crippen LogP contribution in [-0.4, -0.2) is 90.2 Å². The first-order valence-corrected chi connectivity index (χ1v) is 22.6. The number of unbranched alkanes of at least 4 members (excludes halogenated alkanes) is 3. The van der Waals surface area contributed by atoms with Gasteiger partial charge in [-0.3, -0.25) is 28.8 Å². The predicted octanol–water partition coefficient (Wildman–Crippen LogP) is 7.55. The summed E-state index contributed by atoms with van der Waals surface area (Å²) in [6, 6.07) is 5.72. The molecule has 0 fully saturated rings. The fourth-order valence-electron chi connectivity index (χ4n) is 6.86. The van der Waals surface area contributed by atoms with E-state index in [0.29, 0.717) is 24.3 Å². The van der Waals surface area contributed by atoms with E-state index in [0.717, 1.165) is 61.2 Å². The molecule has 0 unspecified atom stereocenters. The first-order chi connectivity index (χ1) is 28.4. The van der Waals surface area contributed by atoms with Crippen molar-refractivity contribution in [3.63, 3.8) is 0 Å². The Morgan fingerprint density at radius 3 is 2.20 bits per heavy atom.